The van der Waals surface area contributed by atoms with E-state index < -0.39 is 80.8 Å². The molecule has 0 heterocycles. The van der Waals surface area contributed by atoms with Crippen molar-refractivity contribution in [3.63, 3.8) is 0 Å². The summed E-state index contributed by atoms with van der Waals surface area (Å²) >= 11 is 0. The maximum atomic E-state index is 13.8. The van der Waals surface area contributed by atoms with E-state index >= 15 is 0 Å². The number of carbonyl (C=O) groups is 5. The highest BCUT2D eigenvalue weighted by atomic mass is 31.2. The van der Waals surface area contributed by atoms with E-state index in [1.165, 1.54) is 21.0 Å². The van der Waals surface area contributed by atoms with E-state index in [4.69, 9.17) is 24.1 Å². The molecular weight excluding hydrogens is 503 g/mol. The topological polar surface area (TPSA) is 193 Å². The zero-order valence-corrected chi connectivity index (χ0v) is 22.3. The first-order chi connectivity index (χ1) is 16.7. The van der Waals surface area contributed by atoms with Crippen LogP contribution in [0.15, 0.2) is 0 Å². The second-order valence-corrected chi connectivity index (χ2v) is 10.4. The summed E-state index contributed by atoms with van der Waals surface area (Å²) in [5.74, 6) is -4.67. The molecule has 0 aliphatic heterocycles. The van der Waals surface area contributed by atoms with E-state index in [1.54, 1.807) is 20.8 Å². The largest absolute Gasteiger partial charge is 0.511 e. The van der Waals surface area contributed by atoms with Crippen molar-refractivity contribution in [2.45, 2.75) is 65.6 Å². The Kier molecular flexibility index (Phi) is 15.8. The number of aliphatic carboxylic acids is 1. The Hall–Kier alpha value is -2.54. The molecular formula is C21H37N2O12P. The molecule has 3 N–H and O–H groups in total. The van der Waals surface area contributed by atoms with Gasteiger partial charge in [0.1, 0.15) is 12.6 Å². The number of hydrogen-bond donors (Lipinski definition) is 3. The van der Waals surface area contributed by atoms with Gasteiger partial charge in [-0.1, -0.05) is 0 Å². The average Bonchev–Trinajstić information content (AvgIpc) is 2.75. The molecule has 0 aromatic carbocycles. The Labute approximate surface area is 210 Å². The summed E-state index contributed by atoms with van der Waals surface area (Å²) in [7, 11) is -2.62. The summed E-state index contributed by atoms with van der Waals surface area (Å²) in [6.07, 6.45) is -2.83. The fraction of sp³-hybridized carbons (Fsp3) is 0.762. The van der Waals surface area contributed by atoms with Crippen LogP contribution in [-0.2, 0) is 47.4 Å². The van der Waals surface area contributed by atoms with Gasteiger partial charge in [0.25, 0.3) is 0 Å². The van der Waals surface area contributed by atoms with E-state index in [1.807, 2.05) is 0 Å². The highest BCUT2D eigenvalue weighted by molar-refractivity contribution is 7.60. The molecule has 0 aliphatic rings. The second kappa shape index (κ2) is 17.0. The number of rotatable bonds is 18. The van der Waals surface area contributed by atoms with Crippen LogP contribution in [0.5, 0.6) is 0 Å². The van der Waals surface area contributed by atoms with Crippen LogP contribution in [0.4, 0.5) is 4.79 Å². The van der Waals surface area contributed by atoms with E-state index in [0.29, 0.717) is 0 Å². The second-order valence-electron chi connectivity index (χ2n) is 8.05. The van der Waals surface area contributed by atoms with Crippen LogP contribution in [0.3, 0.4) is 0 Å². The van der Waals surface area contributed by atoms with Crippen molar-refractivity contribution in [1.29, 1.82) is 0 Å². The number of carbonyl (C=O) groups excluding carboxylic acids is 4. The lowest BCUT2D eigenvalue weighted by molar-refractivity contribution is -0.158. The SMILES string of the molecule is CCOC(=O)[C@H](C)NP(=O)(CC(CCC(=O)O)C(=O)OCOC(=O)OC(C)C)N[C@@H](C)C(=O)COC. The Morgan fingerprint density at radius 1 is 0.917 bits per heavy atom. The molecule has 15 heteroatoms. The summed E-state index contributed by atoms with van der Waals surface area (Å²) in [6.45, 7) is 6.53. The Morgan fingerprint density at radius 3 is 2.06 bits per heavy atom. The molecule has 0 radical (unpaired) electrons. The van der Waals surface area contributed by atoms with Gasteiger partial charge in [-0.25, -0.2) is 15.0 Å². The number of carboxylic acids is 1. The van der Waals surface area contributed by atoms with Crippen LogP contribution in [0.1, 0.15) is 47.5 Å². The highest BCUT2D eigenvalue weighted by Crippen LogP contribution is 2.41. The minimum atomic E-state index is -3.93. The number of methoxy groups -OCH3 is 1. The number of carboxylic acid groups (broad SMARTS) is 1. The molecule has 0 saturated heterocycles. The van der Waals surface area contributed by atoms with Gasteiger partial charge in [0.15, 0.2) is 5.78 Å². The first-order valence-corrected chi connectivity index (χ1v) is 13.2. The van der Waals surface area contributed by atoms with Crippen molar-refractivity contribution < 1.29 is 57.3 Å². The standard InChI is InChI=1S/C21H37N2O12P/c1-7-32-19(27)15(5)23-36(30,22-14(4)17(24)10-31-6)11-16(8-9-18(25)26)20(28)33-12-34-21(29)35-13(2)3/h13-16H,7-12H2,1-6H3,(H,25,26)(H2,22,23,30)/t14-,15-,16?,36?/m0/s1. The predicted molar refractivity (Wildman–Crippen MR) is 125 cm³/mol. The third-order valence-electron chi connectivity index (χ3n) is 4.44. The summed E-state index contributed by atoms with van der Waals surface area (Å²) in [5.41, 5.74) is 0. The van der Waals surface area contributed by atoms with Crippen molar-refractivity contribution in [3.8, 4) is 0 Å². The summed E-state index contributed by atoms with van der Waals surface area (Å²) in [6, 6.07) is -2.11. The van der Waals surface area contributed by atoms with Gasteiger partial charge in [0, 0.05) is 19.7 Å². The lowest BCUT2D eigenvalue weighted by Gasteiger charge is -2.29. The molecule has 0 fully saturated rings. The molecule has 0 aromatic heterocycles. The van der Waals surface area contributed by atoms with Crippen molar-refractivity contribution >= 4 is 37.3 Å². The first-order valence-electron chi connectivity index (χ1n) is 11.3. The maximum absolute atomic E-state index is 13.8. The van der Waals surface area contributed by atoms with E-state index in [0.717, 1.165) is 0 Å². The molecule has 2 unspecified atom stereocenters. The van der Waals surface area contributed by atoms with Crippen LogP contribution in [0.2, 0.25) is 0 Å². The van der Waals surface area contributed by atoms with Crippen LogP contribution in [0.25, 0.3) is 0 Å². The molecule has 0 aliphatic carbocycles. The monoisotopic (exact) mass is 540 g/mol. The molecule has 0 aromatic rings. The van der Waals surface area contributed by atoms with Crippen LogP contribution in [-0.4, -0.2) is 86.4 Å². The molecule has 36 heavy (non-hydrogen) atoms. The Bertz CT molecular complexity index is 774. The molecule has 0 saturated carbocycles. The summed E-state index contributed by atoms with van der Waals surface area (Å²) in [4.78, 5) is 59.6. The number of hydrogen-bond acceptors (Lipinski definition) is 11. The molecule has 4 atom stereocenters. The van der Waals surface area contributed by atoms with Gasteiger partial charge in [-0.15, -0.1) is 0 Å². The third-order valence-corrected chi connectivity index (χ3v) is 7.01. The number of esters is 2. The molecule has 0 bridgehead atoms. The Morgan fingerprint density at radius 2 is 1.53 bits per heavy atom. The van der Waals surface area contributed by atoms with Gasteiger partial charge in [0.2, 0.25) is 14.2 Å². The van der Waals surface area contributed by atoms with Gasteiger partial charge in [0.05, 0.1) is 24.7 Å². The lowest BCUT2D eigenvalue weighted by Crippen LogP contribution is -2.44. The first kappa shape index (κ1) is 33.5. The fourth-order valence-electron chi connectivity index (χ4n) is 2.80. The maximum Gasteiger partial charge on any atom is 0.511 e. The number of nitrogens with one attached hydrogen (secondary N) is 2. The van der Waals surface area contributed by atoms with Gasteiger partial charge >= 0.3 is 24.1 Å². The minimum Gasteiger partial charge on any atom is -0.481 e. The van der Waals surface area contributed by atoms with Crippen molar-refractivity contribution in [3.05, 3.63) is 0 Å². The third kappa shape index (κ3) is 14.1. The van der Waals surface area contributed by atoms with Gasteiger partial charge < -0.3 is 28.8 Å². The normalized spacial score (nSPS) is 15.2. The fourth-order valence-corrected chi connectivity index (χ4v) is 5.54. The van der Waals surface area contributed by atoms with E-state index in [-0.39, 0.29) is 19.6 Å². The average molecular weight is 541 g/mol. The zero-order chi connectivity index (χ0) is 27.9. The summed E-state index contributed by atoms with van der Waals surface area (Å²) < 4.78 is 37.8. The highest BCUT2D eigenvalue weighted by Gasteiger charge is 2.36. The molecule has 208 valence electrons. The molecule has 0 spiro atoms. The molecule has 14 nitrogen and oxygen atoms in total. The number of ketones is 1. The van der Waals surface area contributed by atoms with Gasteiger partial charge in [-0.05, 0) is 41.0 Å². The predicted octanol–water partition coefficient (Wildman–Crippen LogP) is 1.46. The van der Waals surface area contributed by atoms with E-state index in [2.05, 4.69) is 14.9 Å². The van der Waals surface area contributed by atoms with Gasteiger partial charge in [-0.2, -0.15) is 0 Å². The number of Topliss-reactive ketones (excluding diaryl/α,β-unsaturated/α-hetero) is 1. The quantitative estimate of drug-likeness (QED) is 0.0978. The minimum absolute atomic E-state index is 0.0676. The van der Waals surface area contributed by atoms with Crippen molar-refractivity contribution in [2.75, 3.05) is 33.3 Å². The van der Waals surface area contributed by atoms with Crippen LogP contribution < -0.4 is 10.2 Å². The van der Waals surface area contributed by atoms with Crippen molar-refractivity contribution in [1.82, 2.24) is 10.2 Å². The number of ether oxygens (including phenoxy) is 5. The smallest absolute Gasteiger partial charge is 0.481 e. The van der Waals surface area contributed by atoms with Gasteiger partial charge in [-0.3, -0.25) is 23.7 Å². The molecule has 0 amide bonds. The van der Waals surface area contributed by atoms with Crippen molar-refractivity contribution in [2.24, 2.45) is 5.92 Å². The summed E-state index contributed by atoms with van der Waals surface area (Å²) in [5, 5.41) is 14.3. The molecule has 0 rings (SSSR count). The Balaban J connectivity index is 5.71. The van der Waals surface area contributed by atoms with Crippen LogP contribution >= 0.6 is 7.44 Å². The van der Waals surface area contributed by atoms with Crippen LogP contribution in [0, 0.1) is 5.92 Å². The van der Waals surface area contributed by atoms with E-state index in [9.17, 15) is 28.5 Å². The zero-order valence-electron chi connectivity index (χ0n) is 21.4. The lowest BCUT2D eigenvalue weighted by atomic mass is 10.1.